The zero-order valence-electron chi connectivity index (χ0n) is 16.9. The quantitative estimate of drug-likeness (QED) is 0.216. The Morgan fingerprint density at radius 3 is 2.59 bits per heavy atom. The van der Waals surface area contributed by atoms with Crippen LogP contribution in [0.15, 0.2) is 23.2 Å². The number of benzene rings is 1. The number of methoxy groups -OCH3 is 1. The lowest BCUT2D eigenvalue weighted by atomic mass is 10.2. The van der Waals surface area contributed by atoms with Crippen molar-refractivity contribution in [3.05, 3.63) is 23.8 Å². The molecule has 2 rings (SSSR count). The Balaban J connectivity index is 0.00000420. The number of hydrogen-bond donors (Lipinski definition) is 1. The van der Waals surface area contributed by atoms with Crippen LogP contribution in [0.1, 0.15) is 18.4 Å². The maximum Gasteiger partial charge on any atom is 0.422 e. The molecule has 0 spiro atoms. The predicted molar refractivity (Wildman–Crippen MR) is 116 cm³/mol. The number of likely N-dealkylation sites (N-methyl/N-ethyl adjacent to an activating group) is 1. The third kappa shape index (κ3) is 9.75. The van der Waals surface area contributed by atoms with Crippen LogP contribution in [0.4, 0.5) is 13.2 Å². The average Bonchev–Trinajstić information content (AvgIpc) is 3.48. The molecule has 29 heavy (non-hydrogen) atoms. The summed E-state index contributed by atoms with van der Waals surface area (Å²) in [7, 11) is 5.00. The van der Waals surface area contributed by atoms with Gasteiger partial charge in [-0.15, -0.1) is 24.0 Å². The molecular formula is C19H29F3IN3O3. The van der Waals surface area contributed by atoms with E-state index in [-0.39, 0.29) is 35.5 Å². The van der Waals surface area contributed by atoms with Crippen LogP contribution in [0.25, 0.3) is 0 Å². The van der Waals surface area contributed by atoms with Crippen molar-refractivity contribution in [1.82, 2.24) is 10.2 Å². The van der Waals surface area contributed by atoms with Crippen LogP contribution in [0, 0.1) is 5.92 Å². The van der Waals surface area contributed by atoms with Crippen LogP contribution in [0.2, 0.25) is 0 Å². The highest BCUT2D eigenvalue weighted by atomic mass is 127. The van der Waals surface area contributed by atoms with Gasteiger partial charge >= 0.3 is 6.18 Å². The fourth-order valence-corrected chi connectivity index (χ4v) is 2.51. The van der Waals surface area contributed by atoms with Gasteiger partial charge in [0.2, 0.25) is 0 Å². The van der Waals surface area contributed by atoms with Crippen molar-refractivity contribution < 1.29 is 27.4 Å². The first kappa shape index (κ1) is 25.6. The minimum atomic E-state index is -4.40. The summed E-state index contributed by atoms with van der Waals surface area (Å²) in [6.45, 7) is 1.24. The van der Waals surface area contributed by atoms with Gasteiger partial charge in [-0.1, -0.05) is 6.07 Å². The molecule has 6 nitrogen and oxygen atoms in total. The highest BCUT2D eigenvalue weighted by Gasteiger charge is 2.29. The Morgan fingerprint density at radius 2 is 2.00 bits per heavy atom. The van der Waals surface area contributed by atoms with Gasteiger partial charge in [0, 0.05) is 33.8 Å². The molecule has 0 bridgehead atoms. The van der Waals surface area contributed by atoms with Gasteiger partial charge in [0.15, 0.2) is 24.1 Å². The van der Waals surface area contributed by atoms with E-state index in [4.69, 9.17) is 14.2 Å². The number of nitrogens with one attached hydrogen (secondary N) is 1. The van der Waals surface area contributed by atoms with Crippen LogP contribution in [0.5, 0.6) is 11.5 Å². The van der Waals surface area contributed by atoms with E-state index in [1.165, 1.54) is 26.0 Å². The molecule has 1 saturated carbocycles. The second-order valence-corrected chi connectivity index (χ2v) is 6.73. The van der Waals surface area contributed by atoms with Gasteiger partial charge in [-0.05, 0) is 36.5 Å². The van der Waals surface area contributed by atoms with Crippen LogP contribution < -0.4 is 14.8 Å². The monoisotopic (exact) mass is 531 g/mol. The van der Waals surface area contributed by atoms with E-state index in [0.717, 1.165) is 18.1 Å². The maximum absolute atomic E-state index is 12.3. The fourth-order valence-electron chi connectivity index (χ4n) is 2.51. The lowest BCUT2D eigenvalue weighted by Crippen LogP contribution is -2.40. The third-order valence-corrected chi connectivity index (χ3v) is 4.26. The molecule has 1 aliphatic carbocycles. The molecule has 0 radical (unpaired) electrons. The topological polar surface area (TPSA) is 55.3 Å². The van der Waals surface area contributed by atoms with Gasteiger partial charge in [-0.3, -0.25) is 4.99 Å². The normalized spacial score (nSPS) is 14.2. The summed E-state index contributed by atoms with van der Waals surface area (Å²) in [6, 6.07) is 4.80. The summed E-state index contributed by atoms with van der Waals surface area (Å²) in [6.07, 6.45) is -1.87. The molecule has 1 aromatic rings. The summed E-state index contributed by atoms with van der Waals surface area (Å²) in [5.41, 5.74) is 0.829. The zero-order chi connectivity index (χ0) is 20.6. The van der Waals surface area contributed by atoms with Gasteiger partial charge < -0.3 is 24.4 Å². The molecule has 0 aromatic heterocycles. The van der Waals surface area contributed by atoms with E-state index in [9.17, 15) is 13.2 Å². The Labute approximate surface area is 186 Å². The molecule has 1 fully saturated rings. The first-order valence-corrected chi connectivity index (χ1v) is 9.18. The molecule has 10 heteroatoms. The van der Waals surface area contributed by atoms with Gasteiger partial charge in [-0.25, -0.2) is 0 Å². The maximum atomic E-state index is 12.3. The summed E-state index contributed by atoms with van der Waals surface area (Å²) in [4.78, 5) is 6.20. The molecule has 0 atom stereocenters. The number of aliphatic imine (C=N–C) groups is 1. The Kier molecular flexibility index (Phi) is 10.9. The first-order valence-electron chi connectivity index (χ1n) is 9.18. The SMILES string of the molecule is CN=C(NCc1ccc(OCC(F)(F)F)c(OC)c1)N(C)CCOCC1CC1.I. The van der Waals surface area contributed by atoms with Gasteiger partial charge in [0.1, 0.15) is 0 Å². The van der Waals surface area contributed by atoms with E-state index in [0.29, 0.717) is 25.7 Å². The molecule has 1 aromatic carbocycles. The molecule has 0 unspecified atom stereocenters. The number of nitrogens with zero attached hydrogens (tertiary/aromatic N) is 2. The predicted octanol–water partition coefficient (Wildman–Crippen LogP) is 3.69. The number of hydrogen-bond acceptors (Lipinski definition) is 4. The molecule has 0 aliphatic heterocycles. The minimum Gasteiger partial charge on any atom is -0.493 e. The molecule has 166 valence electrons. The zero-order valence-corrected chi connectivity index (χ0v) is 19.3. The molecule has 0 amide bonds. The van der Waals surface area contributed by atoms with E-state index >= 15 is 0 Å². The van der Waals surface area contributed by atoms with Crippen molar-refractivity contribution in [3.8, 4) is 11.5 Å². The molecular weight excluding hydrogens is 502 g/mol. The van der Waals surface area contributed by atoms with Crippen molar-refractivity contribution in [3.63, 3.8) is 0 Å². The number of ether oxygens (including phenoxy) is 3. The van der Waals surface area contributed by atoms with Crippen molar-refractivity contribution in [2.24, 2.45) is 10.9 Å². The Hall–Kier alpha value is -1.43. The summed E-state index contributed by atoms with van der Waals surface area (Å²) >= 11 is 0. The van der Waals surface area contributed by atoms with Crippen LogP contribution in [-0.4, -0.2) is 64.6 Å². The lowest BCUT2D eigenvalue weighted by molar-refractivity contribution is -0.153. The second kappa shape index (κ2) is 12.3. The van der Waals surface area contributed by atoms with Crippen molar-refractivity contribution >= 4 is 29.9 Å². The van der Waals surface area contributed by atoms with Crippen molar-refractivity contribution in [1.29, 1.82) is 0 Å². The molecule has 1 aliphatic rings. The highest BCUT2D eigenvalue weighted by molar-refractivity contribution is 14.0. The van der Waals surface area contributed by atoms with E-state index in [1.807, 2.05) is 11.9 Å². The van der Waals surface area contributed by atoms with Crippen LogP contribution in [-0.2, 0) is 11.3 Å². The van der Waals surface area contributed by atoms with Crippen molar-refractivity contribution in [2.45, 2.75) is 25.6 Å². The lowest BCUT2D eigenvalue weighted by Gasteiger charge is -2.22. The van der Waals surface area contributed by atoms with E-state index < -0.39 is 12.8 Å². The number of rotatable bonds is 10. The standard InChI is InChI=1S/C19H28F3N3O3.HI/c1-23-18(25(2)8-9-27-12-14-4-5-14)24-11-15-6-7-16(17(10-15)26-3)28-13-19(20,21)22;/h6-7,10,14H,4-5,8-9,11-13H2,1-3H3,(H,23,24);1H. The van der Waals surface area contributed by atoms with Crippen LogP contribution >= 0.6 is 24.0 Å². The number of guanidine groups is 1. The smallest absolute Gasteiger partial charge is 0.422 e. The van der Waals surface area contributed by atoms with Gasteiger partial charge in [0.05, 0.1) is 13.7 Å². The summed E-state index contributed by atoms with van der Waals surface area (Å²) < 4.78 is 52.6. The highest BCUT2D eigenvalue weighted by Crippen LogP contribution is 2.30. The van der Waals surface area contributed by atoms with E-state index in [1.54, 1.807) is 19.2 Å². The summed E-state index contributed by atoms with van der Waals surface area (Å²) in [5, 5.41) is 3.22. The van der Waals surface area contributed by atoms with Gasteiger partial charge in [0.25, 0.3) is 0 Å². The largest absolute Gasteiger partial charge is 0.493 e. The van der Waals surface area contributed by atoms with Gasteiger partial charge in [-0.2, -0.15) is 13.2 Å². The van der Waals surface area contributed by atoms with E-state index in [2.05, 4.69) is 10.3 Å². The Morgan fingerprint density at radius 1 is 1.28 bits per heavy atom. The van der Waals surface area contributed by atoms with Crippen LogP contribution in [0.3, 0.4) is 0 Å². The third-order valence-electron chi connectivity index (χ3n) is 4.26. The molecule has 0 heterocycles. The minimum absolute atomic E-state index is 0. The fraction of sp³-hybridized carbons (Fsp3) is 0.632. The molecule has 1 N–H and O–H groups in total. The average molecular weight is 531 g/mol. The second-order valence-electron chi connectivity index (χ2n) is 6.73. The summed E-state index contributed by atoms with van der Waals surface area (Å²) in [5.74, 6) is 1.74. The number of halogens is 4. The molecule has 0 saturated heterocycles. The first-order chi connectivity index (χ1) is 13.3. The van der Waals surface area contributed by atoms with Crippen molar-refractivity contribution in [2.75, 3.05) is 47.6 Å². The number of alkyl halides is 3. The Bertz CT molecular complexity index is 655.